The molecule has 0 unspecified atom stereocenters. The molecule has 2 fully saturated rings. The maximum absolute atomic E-state index is 15.2. The minimum atomic E-state index is -1.44. The molecule has 37 heavy (non-hydrogen) atoms. The highest BCUT2D eigenvalue weighted by atomic mass is 35.5. The van der Waals surface area contributed by atoms with Crippen molar-refractivity contribution < 1.29 is 24.1 Å². The molecule has 0 aromatic heterocycles. The van der Waals surface area contributed by atoms with Crippen LogP contribution < -0.4 is 5.32 Å². The van der Waals surface area contributed by atoms with Crippen LogP contribution in [0.5, 0.6) is 0 Å². The number of rotatable bonds is 13. The second kappa shape index (κ2) is 14.8. The first-order valence-electron chi connectivity index (χ1n) is 14.1. The van der Waals surface area contributed by atoms with E-state index >= 15 is 4.39 Å². The SMILES string of the molecule is CNC[C@@H](CC(=O)N1CCC[C@@H]([C@@](O)(CCCCOC)c2cccc(Cl)c2F)C1)[C@@H](O)C1CCCCC1. The van der Waals surface area contributed by atoms with Crippen LogP contribution in [-0.4, -0.2) is 67.5 Å². The summed E-state index contributed by atoms with van der Waals surface area (Å²) in [6.07, 6.45) is 8.50. The maximum Gasteiger partial charge on any atom is 0.223 e. The minimum absolute atomic E-state index is 0.00638. The molecule has 8 heteroatoms. The zero-order valence-corrected chi connectivity index (χ0v) is 23.3. The second-order valence-corrected chi connectivity index (χ2v) is 11.5. The summed E-state index contributed by atoms with van der Waals surface area (Å²) in [5.74, 6) is -0.817. The average molecular weight is 541 g/mol. The number of likely N-dealkylation sites (tertiary alicyclic amines) is 1. The van der Waals surface area contributed by atoms with Gasteiger partial charge in [-0.15, -0.1) is 0 Å². The number of ether oxygens (including phenoxy) is 1. The summed E-state index contributed by atoms with van der Waals surface area (Å²) in [6, 6.07) is 4.77. The first-order valence-corrected chi connectivity index (χ1v) is 14.5. The topological polar surface area (TPSA) is 82.0 Å². The van der Waals surface area contributed by atoms with Crippen LogP contribution in [0.15, 0.2) is 18.2 Å². The number of amides is 1. The Morgan fingerprint density at radius 3 is 2.70 bits per heavy atom. The molecule has 1 aliphatic heterocycles. The Balaban J connectivity index is 1.75. The molecule has 1 amide bonds. The van der Waals surface area contributed by atoms with Crippen LogP contribution in [0.25, 0.3) is 0 Å². The Morgan fingerprint density at radius 1 is 1.24 bits per heavy atom. The number of piperidine rings is 1. The van der Waals surface area contributed by atoms with E-state index in [0.29, 0.717) is 45.5 Å². The standard InChI is InChI=1S/C29H46ClFN2O4/c1-32-19-22(28(35)21-10-4-3-5-11-21)18-26(34)33-16-9-12-23(20-33)29(36,15-6-7-17-37-2)24-13-8-14-25(30)27(24)31/h8,13-14,21-23,28,32,35-36H,3-7,9-12,15-20H2,1-2H3/t22-,23-,28+,29+/m1/s1. The minimum Gasteiger partial charge on any atom is -0.392 e. The van der Waals surface area contributed by atoms with Crippen LogP contribution in [0.4, 0.5) is 4.39 Å². The van der Waals surface area contributed by atoms with Crippen LogP contribution in [0.2, 0.25) is 5.02 Å². The molecule has 0 spiro atoms. The smallest absolute Gasteiger partial charge is 0.223 e. The highest BCUT2D eigenvalue weighted by molar-refractivity contribution is 6.30. The van der Waals surface area contributed by atoms with Gasteiger partial charge >= 0.3 is 0 Å². The van der Waals surface area contributed by atoms with E-state index in [0.717, 1.165) is 38.5 Å². The molecule has 3 N–H and O–H groups in total. The number of nitrogens with one attached hydrogen (secondary N) is 1. The number of halogens is 2. The van der Waals surface area contributed by atoms with Gasteiger partial charge in [0.05, 0.1) is 16.7 Å². The number of hydrogen-bond donors (Lipinski definition) is 3. The molecule has 1 saturated heterocycles. The van der Waals surface area contributed by atoms with Crippen molar-refractivity contribution in [3.05, 3.63) is 34.6 Å². The third-order valence-electron chi connectivity index (χ3n) is 8.54. The Kier molecular flexibility index (Phi) is 12.1. The van der Waals surface area contributed by atoms with Crippen molar-refractivity contribution in [1.82, 2.24) is 10.2 Å². The number of hydrogen-bond acceptors (Lipinski definition) is 5. The third-order valence-corrected chi connectivity index (χ3v) is 8.83. The maximum atomic E-state index is 15.2. The molecule has 1 aliphatic carbocycles. The van der Waals surface area contributed by atoms with E-state index in [-0.39, 0.29) is 40.7 Å². The lowest BCUT2D eigenvalue weighted by molar-refractivity contribution is -0.139. The van der Waals surface area contributed by atoms with Gasteiger partial charge in [0.15, 0.2) is 0 Å². The number of unbranched alkanes of at least 4 members (excludes halogenated alkanes) is 1. The first kappa shape index (κ1) is 30.3. The number of aliphatic hydroxyl groups is 2. The molecule has 0 bridgehead atoms. The zero-order chi connectivity index (χ0) is 26.8. The van der Waals surface area contributed by atoms with E-state index in [9.17, 15) is 15.0 Å². The molecule has 3 rings (SSSR count). The van der Waals surface area contributed by atoms with Gasteiger partial charge < -0.3 is 25.2 Å². The number of nitrogens with zero attached hydrogens (tertiary/aromatic N) is 1. The lowest BCUT2D eigenvalue weighted by atomic mass is 9.73. The molecular formula is C29H46ClFN2O4. The molecule has 1 heterocycles. The van der Waals surface area contributed by atoms with Crippen LogP contribution >= 0.6 is 11.6 Å². The number of aliphatic hydroxyl groups excluding tert-OH is 1. The summed E-state index contributed by atoms with van der Waals surface area (Å²) < 4.78 is 20.3. The summed E-state index contributed by atoms with van der Waals surface area (Å²) in [5.41, 5.74) is -1.23. The third kappa shape index (κ3) is 7.89. The van der Waals surface area contributed by atoms with Gasteiger partial charge in [0.2, 0.25) is 5.91 Å². The number of methoxy groups -OCH3 is 1. The summed E-state index contributed by atoms with van der Waals surface area (Å²) in [6.45, 7) is 2.12. The molecule has 1 aromatic rings. The quantitative estimate of drug-likeness (QED) is 0.310. The van der Waals surface area contributed by atoms with Gasteiger partial charge in [0, 0.05) is 57.2 Å². The predicted molar refractivity (Wildman–Crippen MR) is 145 cm³/mol. The largest absolute Gasteiger partial charge is 0.392 e. The van der Waals surface area contributed by atoms with E-state index in [1.54, 1.807) is 19.2 Å². The van der Waals surface area contributed by atoms with Gasteiger partial charge in [-0.25, -0.2) is 4.39 Å². The highest BCUT2D eigenvalue weighted by Gasteiger charge is 2.43. The number of benzene rings is 1. The Hall–Kier alpha value is -1.25. The summed E-state index contributed by atoms with van der Waals surface area (Å²) >= 11 is 6.10. The van der Waals surface area contributed by atoms with Crippen molar-refractivity contribution in [2.24, 2.45) is 17.8 Å². The number of carbonyl (C=O) groups excluding carboxylic acids is 1. The lowest BCUT2D eigenvalue weighted by Crippen LogP contribution is -2.49. The fraction of sp³-hybridized carbons (Fsp3) is 0.759. The van der Waals surface area contributed by atoms with Gasteiger partial charge in [0.25, 0.3) is 0 Å². The molecule has 1 aromatic carbocycles. The average Bonchev–Trinajstić information content (AvgIpc) is 2.92. The molecule has 210 valence electrons. The van der Waals surface area contributed by atoms with Crippen molar-refractivity contribution >= 4 is 17.5 Å². The molecular weight excluding hydrogens is 495 g/mol. The van der Waals surface area contributed by atoms with Crippen LogP contribution in [0.1, 0.15) is 76.2 Å². The van der Waals surface area contributed by atoms with E-state index in [4.69, 9.17) is 16.3 Å². The normalized spacial score (nSPS) is 22.4. The van der Waals surface area contributed by atoms with Crippen LogP contribution in [0.3, 0.4) is 0 Å². The van der Waals surface area contributed by atoms with Gasteiger partial charge in [-0.1, -0.05) is 43.0 Å². The van der Waals surface area contributed by atoms with Crippen LogP contribution in [0, 0.1) is 23.6 Å². The zero-order valence-electron chi connectivity index (χ0n) is 22.6. The molecule has 0 radical (unpaired) electrons. The van der Waals surface area contributed by atoms with Gasteiger partial charge in [0.1, 0.15) is 5.82 Å². The van der Waals surface area contributed by atoms with Gasteiger partial charge in [-0.3, -0.25) is 4.79 Å². The molecule has 4 atom stereocenters. The van der Waals surface area contributed by atoms with Crippen molar-refractivity contribution in [2.75, 3.05) is 40.4 Å². The Morgan fingerprint density at radius 2 is 2.00 bits per heavy atom. The van der Waals surface area contributed by atoms with E-state index < -0.39 is 17.5 Å². The van der Waals surface area contributed by atoms with Crippen molar-refractivity contribution in [1.29, 1.82) is 0 Å². The van der Waals surface area contributed by atoms with Gasteiger partial charge in [-0.2, -0.15) is 0 Å². The van der Waals surface area contributed by atoms with Crippen LogP contribution in [-0.2, 0) is 15.1 Å². The van der Waals surface area contributed by atoms with Crippen molar-refractivity contribution in [3.8, 4) is 0 Å². The predicted octanol–water partition coefficient (Wildman–Crippen LogP) is 4.89. The number of carbonyl (C=O) groups is 1. The lowest BCUT2D eigenvalue weighted by Gasteiger charge is -2.43. The second-order valence-electron chi connectivity index (χ2n) is 11.1. The molecule has 2 aliphatic rings. The summed E-state index contributed by atoms with van der Waals surface area (Å²) in [4.78, 5) is 15.3. The molecule has 1 saturated carbocycles. The monoisotopic (exact) mass is 540 g/mol. The fourth-order valence-electron chi connectivity index (χ4n) is 6.42. The fourth-order valence-corrected chi connectivity index (χ4v) is 6.60. The van der Waals surface area contributed by atoms with E-state index in [1.165, 1.54) is 12.5 Å². The van der Waals surface area contributed by atoms with E-state index in [2.05, 4.69) is 5.32 Å². The Bertz CT molecular complexity index is 853. The first-order chi connectivity index (χ1) is 17.8. The van der Waals surface area contributed by atoms with Crippen molar-refractivity contribution in [2.45, 2.75) is 82.3 Å². The van der Waals surface area contributed by atoms with Gasteiger partial charge in [-0.05, 0) is 64.0 Å². The van der Waals surface area contributed by atoms with E-state index in [1.807, 2.05) is 11.9 Å². The highest BCUT2D eigenvalue weighted by Crippen LogP contribution is 2.42. The Labute approximate surface area is 226 Å². The summed E-state index contributed by atoms with van der Waals surface area (Å²) in [7, 11) is 3.49. The molecule has 6 nitrogen and oxygen atoms in total. The summed E-state index contributed by atoms with van der Waals surface area (Å²) in [5, 5.41) is 26.3. The van der Waals surface area contributed by atoms with Crippen molar-refractivity contribution in [3.63, 3.8) is 0 Å².